The summed E-state index contributed by atoms with van der Waals surface area (Å²) in [7, 11) is 0. The summed E-state index contributed by atoms with van der Waals surface area (Å²) >= 11 is 0. The third kappa shape index (κ3) is 2.26. The molecule has 0 bridgehead atoms. The molecule has 2 unspecified atom stereocenters. The first-order valence-electron chi connectivity index (χ1n) is 7.08. The molecule has 5 heteroatoms. The number of carboxylic acid groups (broad SMARTS) is 1. The van der Waals surface area contributed by atoms with Gasteiger partial charge in [-0.05, 0) is 38.3 Å². The molecule has 1 aromatic carbocycles. The van der Waals surface area contributed by atoms with Crippen LogP contribution in [-0.4, -0.2) is 35.2 Å². The summed E-state index contributed by atoms with van der Waals surface area (Å²) in [5, 5.41) is 9.34. The van der Waals surface area contributed by atoms with Crippen molar-refractivity contribution in [3.05, 3.63) is 29.6 Å². The van der Waals surface area contributed by atoms with Crippen molar-refractivity contribution in [1.82, 2.24) is 4.90 Å². The smallest absolute Gasteiger partial charge is 0.320 e. The number of para-hydroxylation sites is 1. The second-order valence-corrected chi connectivity index (χ2v) is 5.40. The highest BCUT2D eigenvalue weighted by molar-refractivity contribution is 5.74. The summed E-state index contributed by atoms with van der Waals surface area (Å²) in [6, 6.07) is 4.38. The number of rotatable bonds is 2. The van der Waals surface area contributed by atoms with Gasteiger partial charge in [0.15, 0.2) is 11.6 Å². The maximum atomic E-state index is 13.9. The Morgan fingerprint density at radius 2 is 2.20 bits per heavy atom. The van der Waals surface area contributed by atoms with Gasteiger partial charge in [-0.3, -0.25) is 9.69 Å². The van der Waals surface area contributed by atoms with Gasteiger partial charge < -0.3 is 9.84 Å². The molecule has 1 saturated heterocycles. The van der Waals surface area contributed by atoms with Gasteiger partial charge in [-0.15, -0.1) is 0 Å². The van der Waals surface area contributed by atoms with Crippen molar-refractivity contribution in [3.63, 3.8) is 0 Å². The highest BCUT2D eigenvalue weighted by Gasteiger charge is 2.37. The lowest BCUT2D eigenvalue weighted by molar-refractivity contribution is -0.143. The molecule has 20 heavy (non-hydrogen) atoms. The highest BCUT2D eigenvalue weighted by Crippen LogP contribution is 2.40. The van der Waals surface area contributed by atoms with Crippen LogP contribution in [0.25, 0.3) is 0 Å². The Morgan fingerprint density at radius 3 is 3.00 bits per heavy atom. The minimum Gasteiger partial charge on any atom is -0.490 e. The van der Waals surface area contributed by atoms with Crippen LogP contribution in [0.4, 0.5) is 4.39 Å². The minimum atomic E-state index is -0.786. The summed E-state index contributed by atoms with van der Waals surface area (Å²) < 4.78 is 19.4. The SMILES string of the molecule is O=C(O)C1CCCN1C1CCCOc2c(F)cccc21. The zero-order chi connectivity index (χ0) is 14.1. The fourth-order valence-corrected chi connectivity index (χ4v) is 3.32. The van der Waals surface area contributed by atoms with Gasteiger partial charge in [0.2, 0.25) is 0 Å². The van der Waals surface area contributed by atoms with Gasteiger partial charge in [-0.25, -0.2) is 4.39 Å². The highest BCUT2D eigenvalue weighted by atomic mass is 19.1. The van der Waals surface area contributed by atoms with Crippen molar-refractivity contribution in [2.75, 3.05) is 13.2 Å². The third-order valence-electron chi connectivity index (χ3n) is 4.20. The molecule has 2 aliphatic rings. The van der Waals surface area contributed by atoms with E-state index in [4.69, 9.17) is 4.74 Å². The molecule has 0 aromatic heterocycles. The normalized spacial score (nSPS) is 26.6. The molecule has 3 rings (SSSR count). The van der Waals surface area contributed by atoms with Gasteiger partial charge >= 0.3 is 5.97 Å². The number of hydrogen-bond donors (Lipinski definition) is 1. The van der Waals surface area contributed by atoms with Crippen LogP contribution in [0.5, 0.6) is 5.75 Å². The van der Waals surface area contributed by atoms with Crippen molar-refractivity contribution in [3.8, 4) is 5.75 Å². The monoisotopic (exact) mass is 279 g/mol. The van der Waals surface area contributed by atoms with Crippen LogP contribution in [0.1, 0.15) is 37.3 Å². The van der Waals surface area contributed by atoms with E-state index >= 15 is 0 Å². The summed E-state index contributed by atoms with van der Waals surface area (Å²) in [5.41, 5.74) is 0.788. The number of carboxylic acids is 1. The van der Waals surface area contributed by atoms with E-state index in [1.165, 1.54) is 6.07 Å². The lowest BCUT2D eigenvalue weighted by Crippen LogP contribution is -2.38. The number of nitrogens with zero attached hydrogens (tertiary/aromatic N) is 1. The largest absolute Gasteiger partial charge is 0.490 e. The topological polar surface area (TPSA) is 49.8 Å². The summed E-state index contributed by atoms with van der Waals surface area (Å²) in [6.07, 6.45) is 3.15. The Balaban J connectivity index is 1.98. The summed E-state index contributed by atoms with van der Waals surface area (Å²) in [6.45, 7) is 1.23. The first kappa shape index (κ1) is 13.4. The van der Waals surface area contributed by atoms with E-state index in [1.54, 1.807) is 6.07 Å². The molecule has 108 valence electrons. The van der Waals surface area contributed by atoms with E-state index in [2.05, 4.69) is 0 Å². The van der Waals surface area contributed by atoms with Gasteiger partial charge in [-0.1, -0.05) is 12.1 Å². The van der Waals surface area contributed by atoms with Gasteiger partial charge in [0, 0.05) is 11.6 Å². The number of benzene rings is 1. The maximum absolute atomic E-state index is 13.9. The number of aliphatic carboxylic acids is 1. The average molecular weight is 279 g/mol. The van der Waals surface area contributed by atoms with Crippen LogP contribution in [0.15, 0.2) is 18.2 Å². The van der Waals surface area contributed by atoms with Crippen LogP contribution >= 0.6 is 0 Å². The first-order chi connectivity index (χ1) is 9.68. The quantitative estimate of drug-likeness (QED) is 0.904. The van der Waals surface area contributed by atoms with E-state index in [0.29, 0.717) is 18.8 Å². The average Bonchev–Trinajstić information content (AvgIpc) is 2.80. The number of hydrogen-bond acceptors (Lipinski definition) is 3. The fraction of sp³-hybridized carbons (Fsp3) is 0.533. The summed E-state index contributed by atoms with van der Waals surface area (Å²) in [4.78, 5) is 13.4. The van der Waals surface area contributed by atoms with Crippen LogP contribution in [0.3, 0.4) is 0 Å². The van der Waals surface area contributed by atoms with Crippen molar-refractivity contribution in [2.24, 2.45) is 0 Å². The molecule has 0 aliphatic carbocycles. The molecule has 1 aromatic rings. The van der Waals surface area contributed by atoms with E-state index in [9.17, 15) is 14.3 Å². The summed E-state index contributed by atoms with van der Waals surface area (Å²) in [5.74, 6) is -0.850. The minimum absolute atomic E-state index is 0.0631. The lowest BCUT2D eigenvalue weighted by Gasteiger charge is -2.31. The van der Waals surface area contributed by atoms with Crippen LogP contribution < -0.4 is 4.74 Å². The van der Waals surface area contributed by atoms with Crippen molar-refractivity contribution in [1.29, 1.82) is 0 Å². The van der Waals surface area contributed by atoms with E-state index < -0.39 is 12.0 Å². The Labute approximate surface area is 117 Å². The van der Waals surface area contributed by atoms with Crippen LogP contribution in [0, 0.1) is 5.82 Å². The van der Waals surface area contributed by atoms with E-state index in [1.807, 2.05) is 11.0 Å². The Kier molecular flexibility index (Phi) is 3.61. The Bertz CT molecular complexity index is 520. The van der Waals surface area contributed by atoms with Crippen LogP contribution in [0.2, 0.25) is 0 Å². The number of carbonyl (C=O) groups is 1. The molecular weight excluding hydrogens is 261 g/mol. The molecule has 4 nitrogen and oxygen atoms in total. The molecule has 0 amide bonds. The Hall–Kier alpha value is -1.62. The zero-order valence-corrected chi connectivity index (χ0v) is 11.2. The molecule has 1 N–H and O–H groups in total. The molecule has 2 heterocycles. The van der Waals surface area contributed by atoms with Gasteiger partial charge in [0.05, 0.1) is 6.61 Å². The van der Waals surface area contributed by atoms with E-state index in [0.717, 1.165) is 31.4 Å². The van der Waals surface area contributed by atoms with Crippen molar-refractivity contribution >= 4 is 5.97 Å². The first-order valence-corrected chi connectivity index (χ1v) is 7.08. The zero-order valence-electron chi connectivity index (χ0n) is 11.2. The number of fused-ring (bicyclic) bond motifs is 1. The molecular formula is C15H18FNO3. The van der Waals surface area contributed by atoms with Crippen LogP contribution in [-0.2, 0) is 4.79 Å². The van der Waals surface area contributed by atoms with Crippen molar-refractivity contribution < 1.29 is 19.0 Å². The predicted octanol–water partition coefficient (Wildman–Crippen LogP) is 2.59. The fourth-order valence-electron chi connectivity index (χ4n) is 3.32. The van der Waals surface area contributed by atoms with Gasteiger partial charge in [0.25, 0.3) is 0 Å². The third-order valence-corrected chi connectivity index (χ3v) is 4.20. The van der Waals surface area contributed by atoms with E-state index in [-0.39, 0.29) is 11.9 Å². The maximum Gasteiger partial charge on any atom is 0.320 e. The van der Waals surface area contributed by atoms with Gasteiger partial charge in [-0.2, -0.15) is 0 Å². The second-order valence-electron chi connectivity index (χ2n) is 5.40. The Morgan fingerprint density at radius 1 is 1.35 bits per heavy atom. The number of halogens is 1. The number of ether oxygens (including phenoxy) is 1. The predicted molar refractivity (Wildman–Crippen MR) is 71.2 cm³/mol. The van der Waals surface area contributed by atoms with Gasteiger partial charge in [0.1, 0.15) is 6.04 Å². The molecule has 0 saturated carbocycles. The molecule has 0 spiro atoms. The standard InChI is InChI=1S/C15H18FNO3/c16-11-5-1-4-10-12(7-3-9-20-14(10)11)17-8-2-6-13(17)15(18)19/h1,4-5,12-13H,2-3,6-9H2,(H,18,19). The molecule has 2 aliphatic heterocycles. The molecule has 1 fully saturated rings. The second kappa shape index (κ2) is 5.40. The molecule has 2 atom stereocenters. The molecule has 0 radical (unpaired) electrons. The lowest BCUT2D eigenvalue weighted by atomic mass is 9.99. The number of likely N-dealkylation sites (tertiary alicyclic amines) is 1. The van der Waals surface area contributed by atoms with Crippen molar-refractivity contribution in [2.45, 2.75) is 37.8 Å².